The maximum absolute atomic E-state index is 13.3. The standard InChI is InChI=1S/C19H9BrClN3O3S/c20-10-3-1-9(2-4-10)15-14-16(25)12-7-11(21)5-6-13(12)27-17(14)18(26)24(15)19-23-22-8-28-19/h1-8,15H/t15-/m1/s1. The Kier molecular flexibility index (Phi) is 4.08. The third-order valence-corrected chi connectivity index (χ3v) is 6.03. The average Bonchev–Trinajstić information content (AvgIpc) is 3.30. The molecule has 0 fully saturated rings. The zero-order valence-electron chi connectivity index (χ0n) is 13.9. The van der Waals surface area contributed by atoms with Crippen LogP contribution in [0, 0.1) is 0 Å². The van der Waals surface area contributed by atoms with Crippen LogP contribution in [0.4, 0.5) is 5.13 Å². The highest BCUT2D eigenvalue weighted by Gasteiger charge is 2.44. The minimum atomic E-state index is -0.664. The molecule has 0 radical (unpaired) electrons. The van der Waals surface area contributed by atoms with Gasteiger partial charge in [0.05, 0.1) is 17.0 Å². The number of hydrogen-bond acceptors (Lipinski definition) is 6. The van der Waals surface area contributed by atoms with Crippen molar-refractivity contribution in [1.82, 2.24) is 10.2 Å². The van der Waals surface area contributed by atoms with Gasteiger partial charge in [-0.15, -0.1) is 10.2 Å². The Morgan fingerprint density at radius 2 is 1.93 bits per heavy atom. The lowest BCUT2D eigenvalue weighted by Crippen LogP contribution is -2.29. The second kappa shape index (κ2) is 6.51. The van der Waals surface area contributed by atoms with Crippen molar-refractivity contribution in [3.05, 3.63) is 84.6 Å². The summed E-state index contributed by atoms with van der Waals surface area (Å²) in [5.74, 6) is -0.406. The molecule has 5 rings (SSSR count). The molecule has 4 aromatic rings. The maximum Gasteiger partial charge on any atom is 0.297 e. The molecule has 6 nitrogen and oxygen atoms in total. The smallest absolute Gasteiger partial charge is 0.297 e. The summed E-state index contributed by atoms with van der Waals surface area (Å²) < 4.78 is 6.74. The van der Waals surface area contributed by atoms with E-state index in [0.717, 1.165) is 10.0 Å². The molecule has 1 aliphatic rings. The summed E-state index contributed by atoms with van der Waals surface area (Å²) in [7, 11) is 0. The molecule has 1 atom stereocenters. The number of nitrogens with zero attached hydrogens (tertiary/aromatic N) is 3. The summed E-state index contributed by atoms with van der Waals surface area (Å²) in [6, 6.07) is 11.5. The molecular weight excluding hydrogens is 466 g/mol. The van der Waals surface area contributed by atoms with Crippen molar-refractivity contribution < 1.29 is 9.21 Å². The predicted molar refractivity (Wildman–Crippen MR) is 110 cm³/mol. The number of anilines is 1. The van der Waals surface area contributed by atoms with Crippen molar-refractivity contribution in [3.63, 3.8) is 0 Å². The number of aromatic nitrogens is 2. The van der Waals surface area contributed by atoms with Crippen LogP contribution in [-0.4, -0.2) is 16.1 Å². The van der Waals surface area contributed by atoms with Crippen molar-refractivity contribution in [1.29, 1.82) is 0 Å². The topological polar surface area (TPSA) is 76.3 Å². The van der Waals surface area contributed by atoms with Crippen LogP contribution >= 0.6 is 38.9 Å². The van der Waals surface area contributed by atoms with Crippen LogP contribution in [-0.2, 0) is 0 Å². The first-order chi connectivity index (χ1) is 13.5. The zero-order chi connectivity index (χ0) is 19.4. The summed E-state index contributed by atoms with van der Waals surface area (Å²) >= 11 is 10.7. The Hall–Kier alpha value is -2.55. The van der Waals surface area contributed by atoms with Gasteiger partial charge in [-0.2, -0.15) is 0 Å². The molecule has 1 aliphatic heterocycles. The Morgan fingerprint density at radius 1 is 1.14 bits per heavy atom. The number of halogens is 2. The first kappa shape index (κ1) is 17.5. The van der Waals surface area contributed by atoms with Crippen LogP contribution in [0.2, 0.25) is 5.02 Å². The monoisotopic (exact) mass is 473 g/mol. The highest BCUT2D eigenvalue weighted by Crippen LogP contribution is 2.41. The molecule has 3 heterocycles. The van der Waals surface area contributed by atoms with E-state index >= 15 is 0 Å². The fourth-order valence-electron chi connectivity index (χ4n) is 3.38. The van der Waals surface area contributed by atoms with E-state index in [9.17, 15) is 9.59 Å². The predicted octanol–water partition coefficient (Wildman–Crippen LogP) is 4.81. The lowest BCUT2D eigenvalue weighted by atomic mass is 9.99. The van der Waals surface area contributed by atoms with Crippen molar-refractivity contribution in [2.45, 2.75) is 6.04 Å². The third-order valence-electron chi connectivity index (χ3n) is 4.57. The van der Waals surface area contributed by atoms with E-state index in [1.165, 1.54) is 21.7 Å². The van der Waals surface area contributed by atoms with Crippen LogP contribution in [0.25, 0.3) is 11.0 Å². The van der Waals surface area contributed by atoms with E-state index in [1.54, 1.807) is 18.2 Å². The maximum atomic E-state index is 13.3. The number of carbonyl (C=O) groups is 1. The minimum absolute atomic E-state index is 0.0166. The Morgan fingerprint density at radius 3 is 2.64 bits per heavy atom. The number of benzene rings is 2. The molecule has 0 saturated heterocycles. The molecule has 0 N–H and O–H groups in total. The van der Waals surface area contributed by atoms with E-state index in [0.29, 0.717) is 21.1 Å². The van der Waals surface area contributed by atoms with Gasteiger partial charge in [0.15, 0.2) is 5.43 Å². The van der Waals surface area contributed by atoms with Gasteiger partial charge in [-0.1, -0.05) is 51.0 Å². The van der Waals surface area contributed by atoms with E-state index < -0.39 is 11.9 Å². The van der Waals surface area contributed by atoms with Crippen molar-refractivity contribution in [2.24, 2.45) is 0 Å². The largest absolute Gasteiger partial charge is 0.450 e. The van der Waals surface area contributed by atoms with Crippen LogP contribution < -0.4 is 10.3 Å². The molecule has 0 unspecified atom stereocenters. The van der Waals surface area contributed by atoms with Gasteiger partial charge < -0.3 is 4.42 Å². The van der Waals surface area contributed by atoms with Crippen LogP contribution in [0.3, 0.4) is 0 Å². The molecule has 9 heteroatoms. The van der Waals surface area contributed by atoms with Gasteiger partial charge in [0.2, 0.25) is 10.9 Å². The van der Waals surface area contributed by atoms with Gasteiger partial charge in [0.1, 0.15) is 11.1 Å². The van der Waals surface area contributed by atoms with E-state index in [1.807, 2.05) is 24.3 Å². The molecule has 2 aromatic heterocycles. The quantitative estimate of drug-likeness (QED) is 0.417. The summed E-state index contributed by atoms with van der Waals surface area (Å²) in [5.41, 5.74) is 2.61. The molecule has 28 heavy (non-hydrogen) atoms. The second-order valence-electron chi connectivity index (χ2n) is 6.17. The van der Waals surface area contributed by atoms with E-state index in [4.69, 9.17) is 16.0 Å². The van der Waals surface area contributed by atoms with Gasteiger partial charge in [-0.05, 0) is 35.9 Å². The molecule has 0 bridgehead atoms. The molecular formula is C19H9BrClN3O3S. The van der Waals surface area contributed by atoms with Crippen molar-refractivity contribution in [3.8, 4) is 0 Å². The fraction of sp³-hybridized carbons (Fsp3) is 0.0526. The lowest BCUT2D eigenvalue weighted by molar-refractivity contribution is 0.0970. The third kappa shape index (κ3) is 2.60. The van der Waals surface area contributed by atoms with Crippen LogP contribution in [0.1, 0.15) is 27.7 Å². The first-order valence-corrected chi connectivity index (χ1v) is 10.2. The number of hydrogen-bond donors (Lipinski definition) is 0. The van der Waals surface area contributed by atoms with Gasteiger partial charge >= 0.3 is 0 Å². The van der Waals surface area contributed by atoms with Gasteiger partial charge in [-0.3, -0.25) is 14.5 Å². The summed E-state index contributed by atoms with van der Waals surface area (Å²) in [4.78, 5) is 28.0. The highest BCUT2D eigenvalue weighted by atomic mass is 79.9. The number of amides is 1. The Balaban J connectivity index is 1.83. The molecule has 0 spiro atoms. The van der Waals surface area contributed by atoms with Gasteiger partial charge in [0.25, 0.3) is 5.91 Å². The first-order valence-electron chi connectivity index (χ1n) is 8.16. The van der Waals surface area contributed by atoms with E-state index in [-0.39, 0.29) is 16.8 Å². The molecule has 138 valence electrons. The molecule has 0 saturated carbocycles. The van der Waals surface area contributed by atoms with Gasteiger partial charge in [-0.25, -0.2) is 0 Å². The van der Waals surface area contributed by atoms with Crippen LogP contribution in [0.15, 0.2) is 61.7 Å². The minimum Gasteiger partial charge on any atom is -0.450 e. The van der Waals surface area contributed by atoms with Crippen LogP contribution in [0.5, 0.6) is 0 Å². The lowest BCUT2D eigenvalue weighted by Gasteiger charge is -2.22. The SMILES string of the molecule is O=C1c2oc3ccc(Cl)cc3c(=O)c2[C@@H](c2ccc(Br)cc2)N1c1nncs1. The van der Waals surface area contributed by atoms with Gasteiger partial charge in [0, 0.05) is 9.50 Å². The number of carbonyl (C=O) groups excluding carboxylic acids is 1. The number of rotatable bonds is 2. The molecule has 2 aromatic carbocycles. The summed E-state index contributed by atoms with van der Waals surface area (Å²) in [5, 5.41) is 9.02. The fourth-order valence-corrected chi connectivity index (χ4v) is 4.40. The second-order valence-corrected chi connectivity index (χ2v) is 8.33. The number of fused-ring (bicyclic) bond motifs is 2. The normalized spacial score (nSPS) is 16.0. The molecule has 1 amide bonds. The Labute approximate surface area is 175 Å². The van der Waals surface area contributed by atoms with Crippen molar-refractivity contribution in [2.75, 3.05) is 4.90 Å². The average molecular weight is 475 g/mol. The zero-order valence-corrected chi connectivity index (χ0v) is 17.1. The Bertz CT molecular complexity index is 1290. The summed E-state index contributed by atoms with van der Waals surface area (Å²) in [6.45, 7) is 0. The highest BCUT2D eigenvalue weighted by molar-refractivity contribution is 9.10. The summed E-state index contributed by atoms with van der Waals surface area (Å²) in [6.07, 6.45) is 0. The van der Waals surface area contributed by atoms with E-state index in [2.05, 4.69) is 26.1 Å². The molecule has 0 aliphatic carbocycles. The van der Waals surface area contributed by atoms with Crippen molar-refractivity contribution >= 4 is 60.9 Å².